The highest BCUT2D eigenvalue weighted by Crippen LogP contribution is 2.20. The second-order valence-electron chi connectivity index (χ2n) is 5.58. The van der Waals surface area contributed by atoms with Crippen LogP contribution in [0.25, 0.3) is 0 Å². The summed E-state index contributed by atoms with van der Waals surface area (Å²) in [6.45, 7) is 6.36. The minimum absolute atomic E-state index is 0.100. The first kappa shape index (κ1) is 16.5. The van der Waals surface area contributed by atoms with Crippen molar-refractivity contribution >= 4 is 5.91 Å². The highest BCUT2D eigenvalue weighted by molar-refractivity contribution is 5.79. The van der Waals surface area contributed by atoms with Crippen LogP contribution in [-0.4, -0.2) is 30.8 Å². The number of benzene rings is 1. The zero-order chi connectivity index (χ0) is 15.1. The lowest BCUT2D eigenvalue weighted by Crippen LogP contribution is -2.33. The molecule has 1 atom stereocenters. The largest absolute Gasteiger partial charge is 0.496 e. The zero-order valence-corrected chi connectivity index (χ0v) is 12.8. The number of nitrogens with one attached hydrogen (secondary N) is 1. The van der Waals surface area contributed by atoms with E-state index in [4.69, 9.17) is 4.74 Å². The number of carbonyl (C=O) groups excluding carboxylic acids is 1. The molecule has 0 aliphatic carbocycles. The Morgan fingerprint density at radius 2 is 2.10 bits per heavy atom. The van der Waals surface area contributed by atoms with E-state index in [1.54, 1.807) is 7.11 Å². The van der Waals surface area contributed by atoms with E-state index in [0.717, 1.165) is 11.1 Å². The molecule has 2 N–H and O–H groups in total. The fourth-order valence-corrected chi connectivity index (χ4v) is 2.14. The van der Waals surface area contributed by atoms with Crippen molar-refractivity contribution in [1.82, 2.24) is 5.32 Å². The van der Waals surface area contributed by atoms with Gasteiger partial charge >= 0.3 is 0 Å². The van der Waals surface area contributed by atoms with Gasteiger partial charge in [0.1, 0.15) is 5.75 Å². The molecular formula is C16H25NO3. The highest BCUT2D eigenvalue weighted by Gasteiger charge is 2.11. The average molecular weight is 279 g/mol. The van der Waals surface area contributed by atoms with E-state index in [-0.39, 0.29) is 12.3 Å². The molecule has 4 nitrogen and oxygen atoms in total. The van der Waals surface area contributed by atoms with Crippen LogP contribution in [0, 0.1) is 12.8 Å². The topological polar surface area (TPSA) is 58.6 Å². The van der Waals surface area contributed by atoms with Gasteiger partial charge in [0.15, 0.2) is 0 Å². The fraction of sp³-hybridized carbons (Fsp3) is 0.562. The number of methoxy groups -OCH3 is 1. The molecule has 20 heavy (non-hydrogen) atoms. The van der Waals surface area contributed by atoms with Crippen LogP contribution < -0.4 is 10.1 Å². The summed E-state index contributed by atoms with van der Waals surface area (Å²) in [5.74, 6) is 1.03. The average Bonchev–Trinajstić information content (AvgIpc) is 2.36. The van der Waals surface area contributed by atoms with Crippen LogP contribution in [0.3, 0.4) is 0 Å². The van der Waals surface area contributed by atoms with Crippen molar-refractivity contribution in [3.63, 3.8) is 0 Å². The van der Waals surface area contributed by atoms with Gasteiger partial charge in [0.2, 0.25) is 5.91 Å². The number of aliphatic hydroxyl groups is 1. The van der Waals surface area contributed by atoms with Gasteiger partial charge in [0.05, 0.1) is 19.6 Å². The van der Waals surface area contributed by atoms with Crippen LogP contribution in [0.4, 0.5) is 0 Å². The second-order valence-corrected chi connectivity index (χ2v) is 5.58. The summed E-state index contributed by atoms with van der Waals surface area (Å²) in [4.78, 5) is 11.9. The highest BCUT2D eigenvalue weighted by atomic mass is 16.5. The number of rotatable bonds is 7. The number of amides is 1. The van der Waals surface area contributed by atoms with Crippen molar-refractivity contribution in [2.45, 2.75) is 39.7 Å². The van der Waals surface area contributed by atoms with E-state index >= 15 is 0 Å². The summed E-state index contributed by atoms with van der Waals surface area (Å²) < 4.78 is 5.25. The van der Waals surface area contributed by atoms with E-state index < -0.39 is 6.10 Å². The van der Waals surface area contributed by atoms with Crippen LogP contribution in [0.2, 0.25) is 0 Å². The third-order valence-electron chi connectivity index (χ3n) is 3.07. The summed E-state index contributed by atoms with van der Waals surface area (Å²) >= 11 is 0. The summed E-state index contributed by atoms with van der Waals surface area (Å²) in [5, 5.41) is 12.5. The lowest BCUT2D eigenvalue weighted by Gasteiger charge is -2.14. The van der Waals surface area contributed by atoms with Crippen molar-refractivity contribution in [3.8, 4) is 5.75 Å². The van der Waals surface area contributed by atoms with Crippen LogP contribution in [0.15, 0.2) is 18.2 Å². The summed E-state index contributed by atoms with van der Waals surface area (Å²) in [6, 6.07) is 5.77. The van der Waals surface area contributed by atoms with Crippen molar-refractivity contribution in [1.29, 1.82) is 0 Å². The predicted molar refractivity (Wildman–Crippen MR) is 79.9 cm³/mol. The lowest BCUT2D eigenvalue weighted by molar-refractivity contribution is -0.121. The molecular weight excluding hydrogens is 254 g/mol. The van der Waals surface area contributed by atoms with Gasteiger partial charge in [-0.2, -0.15) is 0 Å². The number of carbonyl (C=O) groups is 1. The minimum Gasteiger partial charge on any atom is -0.496 e. The van der Waals surface area contributed by atoms with E-state index in [1.165, 1.54) is 0 Å². The predicted octanol–water partition coefficient (Wildman–Crippen LogP) is 2.07. The van der Waals surface area contributed by atoms with Gasteiger partial charge in [-0.25, -0.2) is 0 Å². The van der Waals surface area contributed by atoms with Gasteiger partial charge in [0, 0.05) is 12.1 Å². The molecule has 0 fully saturated rings. The Hall–Kier alpha value is -1.55. The van der Waals surface area contributed by atoms with Crippen LogP contribution in [0.5, 0.6) is 5.75 Å². The first-order valence-corrected chi connectivity index (χ1v) is 7.00. The minimum atomic E-state index is -0.488. The number of aliphatic hydroxyl groups excluding tert-OH is 1. The Balaban J connectivity index is 2.52. The number of ether oxygens (including phenoxy) is 1. The Morgan fingerprint density at radius 3 is 2.70 bits per heavy atom. The molecule has 1 aromatic rings. The van der Waals surface area contributed by atoms with Crippen molar-refractivity contribution in [3.05, 3.63) is 29.3 Å². The van der Waals surface area contributed by atoms with Crippen LogP contribution in [0.1, 0.15) is 31.4 Å². The normalized spacial score (nSPS) is 12.3. The van der Waals surface area contributed by atoms with Gasteiger partial charge < -0.3 is 15.2 Å². The lowest BCUT2D eigenvalue weighted by atomic mass is 10.1. The molecule has 112 valence electrons. The van der Waals surface area contributed by atoms with E-state index in [2.05, 4.69) is 5.32 Å². The molecule has 0 aromatic heterocycles. The first-order valence-electron chi connectivity index (χ1n) is 7.00. The van der Waals surface area contributed by atoms with E-state index in [0.29, 0.717) is 24.6 Å². The third kappa shape index (κ3) is 5.61. The Morgan fingerprint density at radius 1 is 1.40 bits per heavy atom. The summed E-state index contributed by atoms with van der Waals surface area (Å²) in [7, 11) is 1.60. The fourth-order valence-electron chi connectivity index (χ4n) is 2.14. The van der Waals surface area contributed by atoms with Gasteiger partial charge in [-0.05, 0) is 25.3 Å². The maximum atomic E-state index is 11.9. The van der Waals surface area contributed by atoms with Crippen molar-refractivity contribution < 1.29 is 14.6 Å². The molecule has 1 unspecified atom stereocenters. The van der Waals surface area contributed by atoms with E-state index in [1.807, 2.05) is 39.0 Å². The second kappa shape index (κ2) is 7.90. The van der Waals surface area contributed by atoms with Gasteiger partial charge in [-0.1, -0.05) is 31.5 Å². The molecule has 0 spiro atoms. The standard InChI is InChI=1S/C16H25NO3/c1-11(2)7-14(18)10-17-16(19)9-13-8-12(3)5-6-15(13)20-4/h5-6,8,11,14,18H,7,9-10H2,1-4H3,(H,17,19). The molecule has 0 aliphatic rings. The Bertz CT molecular complexity index is 443. The molecule has 0 aliphatic heterocycles. The molecule has 0 bridgehead atoms. The van der Waals surface area contributed by atoms with Gasteiger partial charge in [-0.15, -0.1) is 0 Å². The van der Waals surface area contributed by atoms with Crippen molar-refractivity contribution in [2.24, 2.45) is 5.92 Å². The molecule has 1 rings (SSSR count). The molecule has 0 saturated heterocycles. The molecule has 4 heteroatoms. The van der Waals surface area contributed by atoms with E-state index in [9.17, 15) is 9.90 Å². The van der Waals surface area contributed by atoms with Gasteiger partial charge in [-0.3, -0.25) is 4.79 Å². The van der Waals surface area contributed by atoms with Crippen LogP contribution >= 0.6 is 0 Å². The monoisotopic (exact) mass is 279 g/mol. The maximum Gasteiger partial charge on any atom is 0.224 e. The molecule has 1 aromatic carbocycles. The maximum absolute atomic E-state index is 11.9. The number of hydrogen-bond acceptors (Lipinski definition) is 3. The Kier molecular flexibility index (Phi) is 6.52. The Labute approximate surface area is 121 Å². The van der Waals surface area contributed by atoms with Crippen molar-refractivity contribution in [2.75, 3.05) is 13.7 Å². The summed E-state index contributed by atoms with van der Waals surface area (Å²) in [6.07, 6.45) is 0.464. The number of hydrogen-bond donors (Lipinski definition) is 2. The molecule has 0 heterocycles. The van der Waals surface area contributed by atoms with Gasteiger partial charge in [0.25, 0.3) is 0 Å². The molecule has 1 amide bonds. The molecule has 0 saturated carbocycles. The first-order chi connectivity index (χ1) is 9.42. The van der Waals surface area contributed by atoms with Crippen LogP contribution in [-0.2, 0) is 11.2 Å². The SMILES string of the molecule is COc1ccc(C)cc1CC(=O)NCC(O)CC(C)C. The third-order valence-corrected chi connectivity index (χ3v) is 3.07. The smallest absolute Gasteiger partial charge is 0.224 e. The zero-order valence-electron chi connectivity index (χ0n) is 12.8. The summed E-state index contributed by atoms with van der Waals surface area (Å²) in [5.41, 5.74) is 1.96. The number of aryl methyl sites for hydroxylation is 1. The molecule has 0 radical (unpaired) electrons. The quantitative estimate of drug-likeness (QED) is 0.803.